The molecule has 0 unspecified atom stereocenters. The lowest BCUT2D eigenvalue weighted by atomic mass is 10.1. The Morgan fingerprint density at radius 1 is 1.35 bits per heavy atom. The van der Waals surface area contributed by atoms with E-state index in [1.54, 1.807) is 11.8 Å². The Morgan fingerprint density at radius 3 is 2.90 bits per heavy atom. The summed E-state index contributed by atoms with van der Waals surface area (Å²) in [7, 11) is 0. The van der Waals surface area contributed by atoms with Crippen molar-refractivity contribution in [3.8, 4) is 0 Å². The molecule has 108 valence electrons. The molecule has 0 aromatic carbocycles. The van der Waals surface area contributed by atoms with Gasteiger partial charge in [0.1, 0.15) is 5.82 Å². The number of carbonyl (C=O) groups is 1. The van der Waals surface area contributed by atoms with Gasteiger partial charge >= 0.3 is 0 Å². The van der Waals surface area contributed by atoms with E-state index in [0.717, 1.165) is 36.9 Å². The first kappa shape index (κ1) is 13.7. The third kappa shape index (κ3) is 2.90. The second kappa shape index (κ2) is 5.99. The number of amides is 1. The van der Waals surface area contributed by atoms with Crippen molar-refractivity contribution in [1.29, 1.82) is 0 Å². The Morgan fingerprint density at radius 2 is 2.20 bits per heavy atom. The van der Waals surface area contributed by atoms with Crippen LogP contribution >= 0.6 is 11.8 Å². The van der Waals surface area contributed by atoms with Crippen LogP contribution in [0.5, 0.6) is 0 Å². The topological polar surface area (TPSA) is 51.0 Å². The van der Waals surface area contributed by atoms with Crippen LogP contribution in [0.25, 0.3) is 0 Å². The summed E-state index contributed by atoms with van der Waals surface area (Å²) in [5.41, 5.74) is 0. The van der Waals surface area contributed by atoms with Crippen molar-refractivity contribution in [2.24, 2.45) is 0 Å². The second-order valence-corrected chi connectivity index (χ2v) is 6.31. The lowest BCUT2D eigenvalue weighted by molar-refractivity contribution is -0.132. The zero-order valence-corrected chi connectivity index (χ0v) is 12.4. The smallest absolute Gasteiger partial charge is 0.223 e. The van der Waals surface area contributed by atoms with E-state index in [4.69, 9.17) is 0 Å². The maximum atomic E-state index is 11.8. The van der Waals surface area contributed by atoms with Gasteiger partial charge in [0.15, 0.2) is 5.16 Å². The summed E-state index contributed by atoms with van der Waals surface area (Å²) in [6, 6.07) is 0. The second-order valence-electron chi connectivity index (χ2n) is 5.40. The average molecular weight is 292 g/mol. The van der Waals surface area contributed by atoms with Crippen molar-refractivity contribution in [3.05, 3.63) is 18.5 Å². The molecule has 2 heterocycles. The van der Waals surface area contributed by atoms with Gasteiger partial charge in [-0.1, -0.05) is 17.8 Å². The molecule has 0 radical (unpaired) electrons. The Hall–Kier alpha value is -1.30. The Balaban J connectivity index is 1.67. The number of hydrogen-bond acceptors (Lipinski definition) is 4. The molecule has 0 N–H and O–H groups in total. The minimum Gasteiger partial charge on any atom is -0.333 e. The monoisotopic (exact) mass is 292 g/mol. The third-order valence-electron chi connectivity index (χ3n) is 3.77. The highest BCUT2D eigenvalue weighted by atomic mass is 32.2. The van der Waals surface area contributed by atoms with Crippen LogP contribution in [-0.4, -0.2) is 38.0 Å². The van der Waals surface area contributed by atoms with E-state index in [2.05, 4.69) is 21.3 Å². The minimum absolute atomic E-state index is 0.265. The van der Waals surface area contributed by atoms with Crippen LogP contribution in [0.1, 0.15) is 43.8 Å². The molecule has 1 amide bonds. The molecule has 3 rings (SSSR count). The summed E-state index contributed by atoms with van der Waals surface area (Å²) in [4.78, 5) is 13.7. The molecular formula is C14H20N4OS. The lowest BCUT2D eigenvalue weighted by Gasteiger charge is -2.25. The van der Waals surface area contributed by atoms with E-state index >= 15 is 0 Å². The maximum Gasteiger partial charge on any atom is 0.223 e. The standard InChI is InChI=1S/C14H20N4OS/c1-2-8-18-13(11-6-7-11)15-16-14(18)20-10-17-9-4-3-5-12(17)19/h2,11H,1,3-10H2. The SMILES string of the molecule is C=CCn1c(SCN2CCCCC2=O)nnc1C1CC1. The van der Waals surface area contributed by atoms with Crippen LogP contribution in [-0.2, 0) is 11.3 Å². The highest BCUT2D eigenvalue weighted by molar-refractivity contribution is 7.99. The first-order valence-electron chi connectivity index (χ1n) is 7.24. The maximum absolute atomic E-state index is 11.8. The fraction of sp³-hybridized carbons (Fsp3) is 0.643. The highest BCUT2D eigenvalue weighted by Gasteiger charge is 2.30. The van der Waals surface area contributed by atoms with Gasteiger partial charge in [-0.2, -0.15) is 0 Å². The molecule has 20 heavy (non-hydrogen) atoms. The van der Waals surface area contributed by atoms with Crippen molar-refractivity contribution in [1.82, 2.24) is 19.7 Å². The van der Waals surface area contributed by atoms with Gasteiger partial charge in [-0.25, -0.2) is 0 Å². The molecular weight excluding hydrogens is 272 g/mol. The molecule has 5 nitrogen and oxygen atoms in total. The van der Waals surface area contributed by atoms with Crippen LogP contribution in [0.15, 0.2) is 17.8 Å². The van der Waals surface area contributed by atoms with E-state index in [9.17, 15) is 4.79 Å². The molecule has 1 saturated heterocycles. The molecule has 0 spiro atoms. The summed E-state index contributed by atoms with van der Waals surface area (Å²) in [6.07, 6.45) is 7.13. The van der Waals surface area contributed by atoms with Crippen LogP contribution in [0.2, 0.25) is 0 Å². The number of rotatable bonds is 6. The number of aromatic nitrogens is 3. The van der Waals surface area contributed by atoms with Crippen molar-refractivity contribution in [2.45, 2.75) is 49.7 Å². The number of carbonyl (C=O) groups excluding carboxylic acids is 1. The van der Waals surface area contributed by atoms with Gasteiger partial charge in [-0.3, -0.25) is 4.79 Å². The first-order valence-corrected chi connectivity index (χ1v) is 8.22. The fourth-order valence-corrected chi connectivity index (χ4v) is 3.45. The summed E-state index contributed by atoms with van der Waals surface area (Å²) in [5, 5.41) is 9.52. The van der Waals surface area contributed by atoms with Gasteiger partial charge in [0.05, 0.1) is 5.88 Å². The van der Waals surface area contributed by atoms with Gasteiger partial charge in [0, 0.05) is 25.4 Å². The average Bonchev–Trinajstić information content (AvgIpc) is 3.22. The summed E-state index contributed by atoms with van der Waals surface area (Å²) >= 11 is 1.61. The number of allylic oxidation sites excluding steroid dienone is 1. The van der Waals surface area contributed by atoms with E-state index in [1.807, 2.05) is 11.0 Å². The van der Waals surface area contributed by atoms with Crippen molar-refractivity contribution in [2.75, 3.05) is 12.4 Å². The summed E-state index contributed by atoms with van der Waals surface area (Å²) < 4.78 is 2.14. The van der Waals surface area contributed by atoms with Gasteiger partial charge in [0.25, 0.3) is 0 Å². The quantitative estimate of drug-likeness (QED) is 0.597. The first-order chi connectivity index (χ1) is 9.79. The largest absolute Gasteiger partial charge is 0.333 e. The highest BCUT2D eigenvalue weighted by Crippen LogP contribution is 2.40. The van der Waals surface area contributed by atoms with Crippen LogP contribution in [0.4, 0.5) is 0 Å². The van der Waals surface area contributed by atoms with Gasteiger partial charge in [0.2, 0.25) is 5.91 Å². The number of hydrogen-bond donors (Lipinski definition) is 0. The molecule has 6 heteroatoms. The number of piperidine rings is 1. The number of nitrogens with zero attached hydrogens (tertiary/aromatic N) is 4. The Labute approximate surface area is 123 Å². The van der Waals surface area contributed by atoms with Crippen molar-refractivity contribution < 1.29 is 4.79 Å². The van der Waals surface area contributed by atoms with Gasteiger partial charge in [-0.05, 0) is 25.7 Å². The van der Waals surface area contributed by atoms with Gasteiger partial charge in [-0.15, -0.1) is 16.8 Å². The Bertz CT molecular complexity index is 509. The number of likely N-dealkylation sites (tertiary alicyclic amines) is 1. The molecule has 0 atom stereocenters. The van der Waals surface area contributed by atoms with E-state index < -0.39 is 0 Å². The third-order valence-corrected chi connectivity index (χ3v) is 4.77. The molecule has 1 saturated carbocycles. The number of thioether (sulfide) groups is 1. The predicted octanol–water partition coefficient (Wildman–Crippen LogP) is 2.40. The molecule has 1 aliphatic carbocycles. The van der Waals surface area contributed by atoms with Crippen LogP contribution in [0, 0.1) is 0 Å². The summed E-state index contributed by atoms with van der Waals surface area (Å²) in [5.74, 6) is 2.60. The van der Waals surface area contributed by atoms with E-state index in [0.29, 0.717) is 18.2 Å². The zero-order valence-electron chi connectivity index (χ0n) is 11.6. The molecule has 2 fully saturated rings. The van der Waals surface area contributed by atoms with Crippen LogP contribution in [0.3, 0.4) is 0 Å². The molecule has 1 aromatic rings. The molecule has 0 bridgehead atoms. The molecule has 2 aliphatic rings. The molecule has 1 aliphatic heterocycles. The Kier molecular flexibility index (Phi) is 4.10. The van der Waals surface area contributed by atoms with Gasteiger partial charge < -0.3 is 9.47 Å². The molecule has 1 aromatic heterocycles. The summed E-state index contributed by atoms with van der Waals surface area (Å²) in [6.45, 7) is 5.43. The van der Waals surface area contributed by atoms with E-state index in [1.165, 1.54) is 12.8 Å². The predicted molar refractivity (Wildman–Crippen MR) is 78.5 cm³/mol. The van der Waals surface area contributed by atoms with Crippen molar-refractivity contribution in [3.63, 3.8) is 0 Å². The minimum atomic E-state index is 0.265. The van der Waals surface area contributed by atoms with E-state index in [-0.39, 0.29) is 5.91 Å². The zero-order chi connectivity index (χ0) is 13.9. The van der Waals surface area contributed by atoms with Crippen molar-refractivity contribution >= 4 is 17.7 Å². The normalized spacial score (nSPS) is 19.4. The fourth-order valence-electron chi connectivity index (χ4n) is 2.48. The lowest BCUT2D eigenvalue weighted by Crippen LogP contribution is -2.34. The van der Waals surface area contributed by atoms with Crippen LogP contribution < -0.4 is 0 Å².